The molecular weight excluding hydrogens is 462 g/mol. The Bertz CT molecular complexity index is 1170. The number of hydrogen-bond donors (Lipinski definition) is 0. The Labute approximate surface area is 210 Å². The molecule has 0 radical (unpaired) electrons. The van der Waals surface area contributed by atoms with Crippen molar-refractivity contribution in [3.05, 3.63) is 71.0 Å². The van der Waals surface area contributed by atoms with Crippen LogP contribution in [0.5, 0.6) is 0 Å². The molecular formula is C26H31N5O3S. The predicted octanol–water partition coefficient (Wildman–Crippen LogP) is 3.87. The first-order valence-electron chi connectivity index (χ1n) is 11.8. The number of rotatable bonds is 7. The van der Waals surface area contributed by atoms with Gasteiger partial charge in [0.2, 0.25) is 5.91 Å². The van der Waals surface area contributed by atoms with Crippen molar-refractivity contribution in [2.45, 2.75) is 32.3 Å². The standard InChI is InChI=1S/C26H31N5O3S/c1-4-34-26(33)30-14-12-29(13-15-30)24(32)18-35-25-28-27-23(17-21-8-6-5-7-9-21)31(25)22-11-10-19(2)16-20(22)3/h5-11,16H,4,12-15,17-18H2,1-3H3. The van der Waals surface area contributed by atoms with Gasteiger partial charge in [-0.05, 0) is 38.0 Å². The first kappa shape index (κ1) is 24.8. The number of aryl methyl sites for hydroxylation is 2. The van der Waals surface area contributed by atoms with Crippen LogP contribution in [-0.2, 0) is 16.0 Å². The summed E-state index contributed by atoms with van der Waals surface area (Å²) in [5, 5.41) is 9.65. The van der Waals surface area contributed by atoms with Crippen LogP contribution in [0.3, 0.4) is 0 Å². The molecule has 2 aromatic carbocycles. The summed E-state index contributed by atoms with van der Waals surface area (Å²) in [6.07, 6.45) is 0.326. The lowest BCUT2D eigenvalue weighted by atomic mass is 10.1. The number of ether oxygens (including phenoxy) is 1. The molecule has 3 aromatic rings. The van der Waals surface area contributed by atoms with E-state index in [1.165, 1.54) is 17.3 Å². The van der Waals surface area contributed by atoms with Crippen LogP contribution >= 0.6 is 11.8 Å². The van der Waals surface area contributed by atoms with E-state index in [0.29, 0.717) is 44.4 Å². The average Bonchev–Trinajstić information content (AvgIpc) is 3.25. The first-order chi connectivity index (χ1) is 17.0. The van der Waals surface area contributed by atoms with Gasteiger partial charge in [0.25, 0.3) is 0 Å². The van der Waals surface area contributed by atoms with Crippen LogP contribution in [0.2, 0.25) is 0 Å². The molecule has 0 spiro atoms. The third-order valence-electron chi connectivity index (χ3n) is 5.98. The molecule has 0 aliphatic carbocycles. The highest BCUT2D eigenvalue weighted by molar-refractivity contribution is 7.99. The van der Waals surface area contributed by atoms with E-state index in [1.807, 2.05) is 18.2 Å². The second-order valence-corrected chi connectivity index (χ2v) is 9.48. The quantitative estimate of drug-likeness (QED) is 0.465. The summed E-state index contributed by atoms with van der Waals surface area (Å²) in [5.74, 6) is 1.12. The molecule has 1 fully saturated rings. The van der Waals surface area contributed by atoms with Gasteiger partial charge in [0.05, 0.1) is 18.0 Å². The smallest absolute Gasteiger partial charge is 0.409 e. The Morgan fingerprint density at radius 1 is 0.971 bits per heavy atom. The first-order valence-corrected chi connectivity index (χ1v) is 12.8. The molecule has 0 bridgehead atoms. The zero-order valence-corrected chi connectivity index (χ0v) is 21.3. The molecule has 1 aliphatic rings. The van der Waals surface area contributed by atoms with E-state index >= 15 is 0 Å². The van der Waals surface area contributed by atoms with E-state index in [-0.39, 0.29) is 17.8 Å². The van der Waals surface area contributed by atoms with Gasteiger partial charge in [-0.3, -0.25) is 9.36 Å². The van der Waals surface area contributed by atoms with E-state index in [4.69, 9.17) is 4.74 Å². The predicted molar refractivity (Wildman–Crippen MR) is 136 cm³/mol. The molecule has 2 amide bonds. The normalized spacial score (nSPS) is 13.7. The van der Waals surface area contributed by atoms with Crippen molar-refractivity contribution in [1.82, 2.24) is 24.6 Å². The van der Waals surface area contributed by atoms with E-state index in [2.05, 4.69) is 58.9 Å². The third kappa shape index (κ3) is 6.03. The molecule has 4 rings (SSSR count). The highest BCUT2D eigenvalue weighted by Crippen LogP contribution is 2.26. The molecule has 0 unspecified atom stereocenters. The van der Waals surface area contributed by atoms with Crippen molar-refractivity contribution in [1.29, 1.82) is 0 Å². The summed E-state index contributed by atoms with van der Waals surface area (Å²) in [7, 11) is 0. The molecule has 8 nitrogen and oxygen atoms in total. The second kappa shape index (κ2) is 11.4. The van der Waals surface area contributed by atoms with Crippen LogP contribution < -0.4 is 0 Å². The number of benzene rings is 2. The van der Waals surface area contributed by atoms with Gasteiger partial charge in [-0.2, -0.15) is 0 Å². The van der Waals surface area contributed by atoms with E-state index in [9.17, 15) is 9.59 Å². The molecule has 0 saturated carbocycles. The summed E-state index contributed by atoms with van der Waals surface area (Å²) in [6.45, 7) is 8.26. The summed E-state index contributed by atoms with van der Waals surface area (Å²) >= 11 is 1.40. The van der Waals surface area contributed by atoms with Gasteiger partial charge in [0, 0.05) is 32.6 Å². The highest BCUT2D eigenvalue weighted by atomic mass is 32.2. The maximum atomic E-state index is 12.9. The van der Waals surface area contributed by atoms with Gasteiger partial charge in [-0.1, -0.05) is 59.8 Å². The van der Waals surface area contributed by atoms with Crippen LogP contribution in [0.4, 0.5) is 4.79 Å². The summed E-state index contributed by atoms with van der Waals surface area (Å²) in [5.41, 5.74) is 4.49. The summed E-state index contributed by atoms with van der Waals surface area (Å²) < 4.78 is 7.13. The number of carbonyl (C=O) groups excluding carboxylic acids is 2. The minimum absolute atomic E-state index is 0.0262. The molecule has 1 aromatic heterocycles. The van der Waals surface area contributed by atoms with Gasteiger partial charge in [-0.25, -0.2) is 4.79 Å². The van der Waals surface area contributed by atoms with Gasteiger partial charge < -0.3 is 14.5 Å². The maximum absolute atomic E-state index is 12.9. The Morgan fingerprint density at radius 3 is 2.37 bits per heavy atom. The number of nitrogens with zero attached hydrogens (tertiary/aromatic N) is 5. The molecule has 1 aliphatic heterocycles. The van der Waals surface area contributed by atoms with Crippen molar-refractivity contribution >= 4 is 23.8 Å². The fraction of sp³-hybridized carbons (Fsp3) is 0.385. The van der Waals surface area contributed by atoms with E-state index < -0.39 is 0 Å². The lowest BCUT2D eigenvalue weighted by molar-refractivity contribution is -0.129. The second-order valence-electron chi connectivity index (χ2n) is 8.54. The molecule has 2 heterocycles. The van der Waals surface area contributed by atoms with Crippen LogP contribution in [-0.4, -0.2) is 75.1 Å². The Kier molecular flexibility index (Phi) is 8.07. The molecule has 9 heteroatoms. The van der Waals surface area contributed by atoms with E-state index in [0.717, 1.165) is 22.6 Å². The highest BCUT2D eigenvalue weighted by Gasteiger charge is 2.25. The number of aromatic nitrogens is 3. The molecule has 1 saturated heterocycles. The number of amides is 2. The van der Waals surface area contributed by atoms with Crippen molar-refractivity contribution in [2.24, 2.45) is 0 Å². The molecule has 35 heavy (non-hydrogen) atoms. The van der Waals surface area contributed by atoms with Crippen LogP contribution in [0.15, 0.2) is 53.7 Å². The lowest BCUT2D eigenvalue weighted by Crippen LogP contribution is -2.51. The van der Waals surface area contributed by atoms with Gasteiger partial charge in [0.15, 0.2) is 5.16 Å². The van der Waals surface area contributed by atoms with Crippen LogP contribution in [0.25, 0.3) is 5.69 Å². The average molecular weight is 494 g/mol. The fourth-order valence-corrected chi connectivity index (χ4v) is 5.02. The summed E-state index contributed by atoms with van der Waals surface area (Å²) in [6, 6.07) is 16.5. The van der Waals surface area contributed by atoms with Gasteiger partial charge >= 0.3 is 6.09 Å². The zero-order chi connectivity index (χ0) is 24.8. The number of hydrogen-bond acceptors (Lipinski definition) is 6. The Morgan fingerprint density at radius 2 is 1.69 bits per heavy atom. The minimum atomic E-state index is -0.318. The number of piperazine rings is 1. The van der Waals surface area contributed by atoms with Crippen molar-refractivity contribution in [3.63, 3.8) is 0 Å². The minimum Gasteiger partial charge on any atom is -0.450 e. The van der Waals surface area contributed by atoms with Crippen LogP contribution in [0, 0.1) is 13.8 Å². The largest absolute Gasteiger partial charge is 0.450 e. The Hall–Kier alpha value is -3.33. The van der Waals surface area contributed by atoms with Crippen molar-refractivity contribution < 1.29 is 14.3 Å². The zero-order valence-electron chi connectivity index (χ0n) is 20.4. The maximum Gasteiger partial charge on any atom is 0.409 e. The van der Waals surface area contributed by atoms with Crippen LogP contribution in [0.1, 0.15) is 29.4 Å². The lowest BCUT2D eigenvalue weighted by Gasteiger charge is -2.34. The van der Waals surface area contributed by atoms with E-state index in [1.54, 1.807) is 16.7 Å². The number of thioether (sulfide) groups is 1. The van der Waals surface area contributed by atoms with Gasteiger partial charge in [0.1, 0.15) is 5.82 Å². The monoisotopic (exact) mass is 493 g/mol. The number of carbonyl (C=O) groups is 2. The molecule has 0 N–H and O–H groups in total. The van der Waals surface area contributed by atoms with Gasteiger partial charge in [-0.15, -0.1) is 10.2 Å². The topological polar surface area (TPSA) is 80.6 Å². The molecule has 0 atom stereocenters. The summed E-state index contributed by atoms with van der Waals surface area (Å²) in [4.78, 5) is 28.3. The third-order valence-corrected chi connectivity index (χ3v) is 6.90. The molecule has 184 valence electrons. The Balaban J connectivity index is 1.48. The van der Waals surface area contributed by atoms with Crippen molar-refractivity contribution in [2.75, 3.05) is 38.5 Å². The van der Waals surface area contributed by atoms with Crippen molar-refractivity contribution in [3.8, 4) is 5.69 Å². The fourth-order valence-electron chi connectivity index (χ4n) is 4.16. The SMILES string of the molecule is CCOC(=O)N1CCN(C(=O)CSc2nnc(Cc3ccccc3)n2-c2ccc(C)cc2C)CC1.